The third kappa shape index (κ3) is 3.24. The molecule has 8 bridgehead atoms. The maximum atomic E-state index is 15.1. The topological polar surface area (TPSA) is 49.4 Å². The maximum absolute atomic E-state index is 15.1. The molecule has 5 heterocycles. The standard InChI is InChI=1S/C26H14ClFN4/c27-24-25(28)22-14-20-9-8-17(30-20)12-16-6-7-18(29-16)13-19-10-11-21(31-19)23(26(24)32-22)15-4-2-1-3-5-15/h1-14H. The maximum Gasteiger partial charge on any atom is 0.169 e. The van der Waals surface area contributed by atoms with E-state index < -0.39 is 5.83 Å². The first kappa shape index (κ1) is 18.8. The Morgan fingerprint density at radius 3 is 1.97 bits per heavy atom. The lowest BCUT2D eigenvalue weighted by atomic mass is 9.99. The summed E-state index contributed by atoms with van der Waals surface area (Å²) in [5.41, 5.74) is 6.33. The third-order valence-electron chi connectivity index (χ3n) is 5.32. The van der Waals surface area contributed by atoms with Crippen molar-refractivity contribution in [3.05, 3.63) is 124 Å². The molecule has 0 N–H and O–H groups in total. The molecule has 0 unspecified atom stereocenters. The van der Waals surface area contributed by atoms with E-state index in [1.165, 1.54) is 0 Å². The summed E-state index contributed by atoms with van der Waals surface area (Å²) >= 11 is 6.46. The van der Waals surface area contributed by atoms with Crippen molar-refractivity contribution in [2.24, 2.45) is 20.0 Å². The number of rotatable bonds is 1. The molecule has 0 atom stereocenters. The summed E-state index contributed by atoms with van der Waals surface area (Å²) in [7, 11) is 0. The van der Waals surface area contributed by atoms with Crippen molar-refractivity contribution in [3.63, 3.8) is 0 Å². The molecule has 1 aromatic carbocycles. The summed E-state index contributed by atoms with van der Waals surface area (Å²) in [4.78, 5) is 18.5. The molecule has 0 radical (unpaired) electrons. The number of hydrogen-bond donors (Lipinski definition) is 0. The van der Waals surface area contributed by atoms with Gasteiger partial charge in [-0.25, -0.2) is 24.4 Å². The van der Waals surface area contributed by atoms with Crippen molar-refractivity contribution < 1.29 is 4.39 Å². The molecule has 0 saturated carbocycles. The van der Waals surface area contributed by atoms with E-state index in [4.69, 9.17) is 16.6 Å². The van der Waals surface area contributed by atoms with Crippen LogP contribution in [0.25, 0.3) is 5.57 Å². The number of fused-ring (bicyclic) bond motifs is 4. The highest BCUT2D eigenvalue weighted by Gasteiger charge is 2.28. The molecule has 0 aliphatic carbocycles. The van der Waals surface area contributed by atoms with Crippen LogP contribution in [0, 0.1) is 0 Å². The van der Waals surface area contributed by atoms with Crippen LogP contribution in [0.15, 0.2) is 139 Å². The molecule has 6 rings (SSSR count). The lowest BCUT2D eigenvalue weighted by Crippen LogP contribution is -2.00. The first-order valence-electron chi connectivity index (χ1n) is 10.0. The van der Waals surface area contributed by atoms with Crippen LogP contribution < -0.4 is 0 Å². The summed E-state index contributed by atoms with van der Waals surface area (Å²) < 4.78 is 15.1. The normalized spacial score (nSPS) is 20.9. The summed E-state index contributed by atoms with van der Waals surface area (Å²) in [6.07, 6.45) is 16.7. The zero-order valence-electron chi connectivity index (χ0n) is 16.6. The second-order valence-corrected chi connectivity index (χ2v) is 7.87. The third-order valence-corrected chi connectivity index (χ3v) is 5.66. The van der Waals surface area contributed by atoms with Gasteiger partial charge in [0.2, 0.25) is 0 Å². The molecule has 0 amide bonds. The fourth-order valence-electron chi connectivity index (χ4n) is 3.86. The first-order chi connectivity index (χ1) is 15.6. The number of benzene rings is 1. The van der Waals surface area contributed by atoms with Crippen LogP contribution in [0.5, 0.6) is 0 Å². The Labute approximate surface area is 188 Å². The van der Waals surface area contributed by atoms with Crippen molar-refractivity contribution in [2.75, 3.05) is 0 Å². The number of hydrogen-bond acceptors (Lipinski definition) is 4. The van der Waals surface area contributed by atoms with Crippen LogP contribution in [-0.4, -0.2) is 22.8 Å². The fourth-order valence-corrected chi connectivity index (χ4v) is 4.09. The molecular formula is C26H14ClFN4. The molecule has 5 aliphatic heterocycles. The van der Waals surface area contributed by atoms with Gasteiger partial charge < -0.3 is 0 Å². The van der Waals surface area contributed by atoms with E-state index in [1.807, 2.05) is 78.9 Å². The van der Waals surface area contributed by atoms with Crippen LogP contribution in [0.3, 0.4) is 0 Å². The second kappa shape index (κ2) is 7.32. The van der Waals surface area contributed by atoms with Crippen LogP contribution in [0.2, 0.25) is 0 Å². The van der Waals surface area contributed by atoms with Crippen molar-refractivity contribution in [1.82, 2.24) is 0 Å². The van der Waals surface area contributed by atoms with Crippen LogP contribution in [0.1, 0.15) is 5.56 Å². The molecule has 0 fully saturated rings. The van der Waals surface area contributed by atoms with Crippen LogP contribution in [-0.2, 0) is 0 Å². The monoisotopic (exact) mass is 436 g/mol. The smallest absolute Gasteiger partial charge is 0.169 e. The van der Waals surface area contributed by atoms with Gasteiger partial charge in [0.05, 0.1) is 39.9 Å². The molecule has 0 saturated heterocycles. The Balaban J connectivity index is 1.62. The van der Waals surface area contributed by atoms with E-state index in [1.54, 1.807) is 6.08 Å². The van der Waals surface area contributed by atoms with Gasteiger partial charge in [-0.15, -0.1) is 0 Å². The molecule has 6 heteroatoms. The predicted molar refractivity (Wildman–Crippen MR) is 129 cm³/mol. The zero-order chi connectivity index (χ0) is 21.7. The Kier molecular flexibility index (Phi) is 4.30. The van der Waals surface area contributed by atoms with E-state index in [-0.39, 0.29) is 10.7 Å². The molecule has 4 nitrogen and oxygen atoms in total. The molecule has 1 aromatic rings. The highest BCUT2D eigenvalue weighted by atomic mass is 35.5. The van der Waals surface area contributed by atoms with Gasteiger partial charge in [0.1, 0.15) is 10.7 Å². The number of allylic oxidation sites excluding steroid dienone is 12. The number of aliphatic imine (C=N–C) groups is 4. The molecule has 0 spiro atoms. The number of halogens is 2. The summed E-state index contributed by atoms with van der Waals surface area (Å²) in [5, 5.41) is -0.0341. The van der Waals surface area contributed by atoms with Crippen molar-refractivity contribution in [2.45, 2.75) is 0 Å². The van der Waals surface area contributed by atoms with Gasteiger partial charge in [0.15, 0.2) is 5.83 Å². The van der Waals surface area contributed by atoms with Gasteiger partial charge in [-0.3, -0.25) is 0 Å². The van der Waals surface area contributed by atoms with E-state index in [0.717, 1.165) is 28.4 Å². The molecular weight excluding hydrogens is 423 g/mol. The second-order valence-electron chi connectivity index (χ2n) is 7.49. The highest BCUT2D eigenvalue weighted by Crippen LogP contribution is 2.38. The van der Waals surface area contributed by atoms with Crippen molar-refractivity contribution in [1.29, 1.82) is 0 Å². The number of nitrogens with zero attached hydrogens (tertiary/aromatic N) is 4. The van der Waals surface area contributed by atoms with Crippen molar-refractivity contribution in [3.8, 4) is 0 Å². The Morgan fingerprint density at radius 1 is 0.625 bits per heavy atom. The Bertz CT molecular complexity index is 1450. The summed E-state index contributed by atoms with van der Waals surface area (Å²) in [5.74, 6) is -0.576. The minimum absolute atomic E-state index is 0.0341. The molecule has 5 aliphatic rings. The fraction of sp³-hybridized carbons (Fsp3) is 0. The Hall–Kier alpha value is -3.96. The Morgan fingerprint density at radius 2 is 1.25 bits per heavy atom. The van der Waals surface area contributed by atoms with Gasteiger partial charge >= 0.3 is 0 Å². The molecule has 32 heavy (non-hydrogen) atoms. The predicted octanol–water partition coefficient (Wildman–Crippen LogP) is 5.97. The van der Waals surface area contributed by atoms with E-state index in [9.17, 15) is 0 Å². The lowest BCUT2D eigenvalue weighted by Gasteiger charge is -2.09. The summed E-state index contributed by atoms with van der Waals surface area (Å²) in [6.45, 7) is 0. The largest absolute Gasteiger partial charge is 0.249 e. The average molecular weight is 437 g/mol. The minimum Gasteiger partial charge on any atom is -0.249 e. The quantitative estimate of drug-likeness (QED) is 0.520. The van der Waals surface area contributed by atoms with Crippen molar-refractivity contribution >= 4 is 40.0 Å². The van der Waals surface area contributed by atoms with Gasteiger partial charge in [-0.1, -0.05) is 41.9 Å². The highest BCUT2D eigenvalue weighted by molar-refractivity contribution is 6.41. The van der Waals surface area contributed by atoms with E-state index >= 15 is 4.39 Å². The minimum atomic E-state index is -0.576. The van der Waals surface area contributed by atoms with Gasteiger partial charge in [-0.05, 0) is 60.2 Å². The van der Waals surface area contributed by atoms with Gasteiger partial charge in [-0.2, -0.15) is 0 Å². The van der Waals surface area contributed by atoms with Crippen LogP contribution in [0.4, 0.5) is 4.39 Å². The van der Waals surface area contributed by atoms with E-state index in [2.05, 4.69) is 15.0 Å². The molecule has 152 valence electrons. The molecule has 0 aromatic heterocycles. The van der Waals surface area contributed by atoms with Crippen LogP contribution >= 0.6 is 11.6 Å². The lowest BCUT2D eigenvalue weighted by molar-refractivity contribution is 0.683. The zero-order valence-corrected chi connectivity index (χ0v) is 17.4. The van der Waals surface area contributed by atoms with Gasteiger partial charge in [0.25, 0.3) is 0 Å². The summed E-state index contributed by atoms with van der Waals surface area (Å²) in [6, 6.07) is 9.62. The van der Waals surface area contributed by atoms with Gasteiger partial charge in [0, 0.05) is 5.57 Å². The first-order valence-corrected chi connectivity index (χ1v) is 10.4. The average Bonchev–Trinajstić information content (AvgIpc) is 3.58. The SMILES string of the molecule is FC1=C(Cl)C2=C(c3ccccc3)C3=NC(=CC4=NC(=CC5=NC(=CC1=N2)C=C5)C=C4)C=C3. The van der Waals surface area contributed by atoms with E-state index in [0.29, 0.717) is 22.7 Å².